The van der Waals surface area contributed by atoms with Gasteiger partial charge in [0.25, 0.3) is 0 Å². The third-order valence-corrected chi connectivity index (χ3v) is 0. The maximum atomic E-state index is 8.06. The zero-order valence-corrected chi connectivity index (χ0v) is 7.76. The van der Waals surface area contributed by atoms with Crippen molar-refractivity contribution in [1.82, 2.24) is 0 Å². The minimum Gasteiger partial charge on any atom is -2.00 e. The Morgan fingerprint density at radius 3 is 1.00 bits per heavy atom. The van der Waals surface area contributed by atoms with E-state index in [1.807, 2.05) is 0 Å². The van der Waals surface area contributed by atoms with Gasteiger partial charge in [-0.2, -0.15) is 0 Å². The van der Waals surface area contributed by atoms with Gasteiger partial charge in [-0.3, -0.25) is 0 Å². The predicted octanol–water partition coefficient (Wildman–Crippen LogP) is -1.50. The normalized spacial score (nSPS) is 1.00. The van der Waals surface area contributed by atoms with Gasteiger partial charge in [-0.1, -0.05) is 0 Å². The minimum absolute atomic E-state index is 0. The van der Waals surface area contributed by atoms with Crippen LogP contribution < -0.4 is 0 Å². The molecule has 0 N–H and O–H groups in total. The Morgan fingerprint density at radius 1 is 1.00 bits per heavy atom. The van der Waals surface area contributed by atoms with Crippen LogP contribution in [-0.4, -0.2) is 70.9 Å². The Morgan fingerprint density at radius 2 is 1.00 bits per heavy atom. The molecule has 0 radical (unpaired) electrons. The molecule has 0 aliphatic heterocycles. The Kier molecular flexibility index (Phi) is 471. The van der Waals surface area contributed by atoms with E-state index in [1.165, 1.54) is 0 Å². The van der Waals surface area contributed by atoms with Crippen molar-refractivity contribution >= 4 is 70.9 Å². The van der Waals surface area contributed by atoms with Crippen LogP contribution in [0.2, 0.25) is 0 Å². The van der Waals surface area contributed by atoms with E-state index >= 15 is 0 Å². The van der Waals surface area contributed by atoms with Crippen molar-refractivity contribution < 1.29 is 15.4 Å². The van der Waals surface area contributed by atoms with Gasteiger partial charge < -0.3 is 11.0 Å². The maximum absolute atomic E-state index is 8.06. The molecule has 0 amide bonds. The van der Waals surface area contributed by atoms with Crippen LogP contribution in [0.5, 0.6) is 0 Å². The molecule has 0 saturated carbocycles. The number of hydrogen-bond acceptors (Lipinski definition) is 1. The Hall–Kier alpha value is 1.96. The third kappa shape index (κ3) is 38.1. The van der Waals surface area contributed by atoms with Gasteiger partial charge in [0.05, 0.1) is 0 Å². The zero-order chi connectivity index (χ0) is 2.00. The second-order valence-corrected chi connectivity index (χ2v) is 0. The molecule has 6 heavy (non-hydrogen) atoms. The van der Waals surface area contributed by atoms with Gasteiger partial charge in [-0.25, -0.2) is 0 Å². The largest absolute Gasteiger partial charge is 2.00 e. The summed E-state index contributed by atoms with van der Waals surface area (Å²) in [7, 11) is 1.72. The van der Waals surface area contributed by atoms with E-state index in [2.05, 4.69) is 0 Å². The van der Waals surface area contributed by atoms with Crippen LogP contribution in [0.4, 0.5) is 0 Å². The maximum Gasteiger partial charge on any atom is 2.00 e. The van der Waals surface area contributed by atoms with Crippen molar-refractivity contribution in [2.75, 3.05) is 0 Å². The molecule has 0 aliphatic rings. The van der Waals surface area contributed by atoms with Crippen molar-refractivity contribution in [3.05, 3.63) is 0 Å². The first-order valence-corrected chi connectivity index (χ1v) is 0.612. The molecule has 3 nitrogen and oxygen atoms in total. The number of hydrogen-bond donors (Lipinski definition) is 0. The Labute approximate surface area is 85.1 Å². The Bertz CT molecular complexity index is 10.8. The van der Waals surface area contributed by atoms with Crippen LogP contribution in [0.3, 0.4) is 0 Å². The quantitative estimate of drug-likeness (QED) is 0.378. The van der Waals surface area contributed by atoms with Crippen molar-refractivity contribution in [3.8, 4) is 0 Å². The van der Waals surface area contributed by atoms with Gasteiger partial charge in [0.15, 0.2) is 0 Å². The third-order valence-electron chi connectivity index (χ3n) is 0. The van der Waals surface area contributed by atoms with E-state index in [0.29, 0.717) is 0 Å². The summed E-state index contributed by atoms with van der Waals surface area (Å²) in [5.74, 6) is 0. The van der Waals surface area contributed by atoms with E-state index < -0.39 is 0 Å². The molecule has 0 aromatic carbocycles. The average Bonchev–Trinajstić information content (AvgIpc) is 1.00. The minimum atomic E-state index is 0. The molecule has 0 fully saturated rings. The SMILES string of the molecule is O=[Si+2].[Ca+2].[Mg+2].[O-2].[O-2]. The molecule has 0 rings (SSSR count). The molecule has 0 spiro atoms. The van der Waals surface area contributed by atoms with Gasteiger partial charge in [-0.15, -0.1) is 0 Å². The topological polar surface area (TPSA) is 74.1 Å². The van der Waals surface area contributed by atoms with E-state index in [0.717, 1.165) is 0 Å². The standard InChI is InChI=1S/Ca.Mg.OSi.2O/c;;1-2;;/q3*+2;2*-2. The summed E-state index contributed by atoms with van der Waals surface area (Å²) in [5, 5.41) is 0. The van der Waals surface area contributed by atoms with Crippen molar-refractivity contribution in [3.63, 3.8) is 0 Å². The average molecular weight is 140 g/mol. The second kappa shape index (κ2) is 64.3. The van der Waals surface area contributed by atoms with Crippen molar-refractivity contribution in [2.24, 2.45) is 0 Å². The predicted molar refractivity (Wildman–Crippen MR) is 19.3 cm³/mol. The van der Waals surface area contributed by atoms with Crippen molar-refractivity contribution in [1.29, 1.82) is 0 Å². The first-order chi connectivity index (χ1) is 1.00. The van der Waals surface area contributed by atoms with Crippen LogP contribution in [0.15, 0.2) is 0 Å². The Balaban J connectivity index is -0.000000000833. The molecular formula is CaMgO3Si+2. The molecule has 0 aromatic heterocycles. The smallest absolute Gasteiger partial charge is 2.00 e. The van der Waals surface area contributed by atoms with Crippen LogP contribution in [0, 0.1) is 0 Å². The molecule has 0 atom stereocenters. The van der Waals surface area contributed by atoms with Crippen LogP contribution in [0.1, 0.15) is 0 Å². The van der Waals surface area contributed by atoms with Crippen molar-refractivity contribution in [2.45, 2.75) is 0 Å². The van der Waals surface area contributed by atoms with E-state index in [4.69, 9.17) is 4.46 Å². The van der Waals surface area contributed by atoms with E-state index in [-0.39, 0.29) is 71.7 Å². The summed E-state index contributed by atoms with van der Waals surface area (Å²) >= 11 is 0. The summed E-state index contributed by atoms with van der Waals surface area (Å²) in [5.41, 5.74) is 0. The van der Waals surface area contributed by atoms with Crippen LogP contribution >= 0.6 is 0 Å². The van der Waals surface area contributed by atoms with E-state index in [9.17, 15) is 0 Å². The van der Waals surface area contributed by atoms with Gasteiger partial charge in [-0.05, 0) is 0 Å². The fourth-order valence-corrected chi connectivity index (χ4v) is 0. The van der Waals surface area contributed by atoms with Gasteiger partial charge in [0.2, 0.25) is 0 Å². The molecule has 6 heteroatoms. The monoisotopic (exact) mass is 140 g/mol. The summed E-state index contributed by atoms with van der Waals surface area (Å²) in [6.07, 6.45) is 0. The summed E-state index contributed by atoms with van der Waals surface area (Å²) in [6.45, 7) is 0. The van der Waals surface area contributed by atoms with Gasteiger partial charge >= 0.3 is 75.4 Å². The van der Waals surface area contributed by atoms with Crippen LogP contribution in [-0.2, 0) is 15.4 Å². The summed E-state index contributed by atoms with van der Waals surface area (Å²) < 4.78 is 8.06. The fourth-order valence-electron chi connectivity index (χ4n) is 0. The fraction of sp³-hybridized carbons (Fsp3) is 0. The zero-order valence-electron chi connectivity index (χ0n) is 3.14. The molecule has 0 aromatic rings. The molecule has 0 bridgehead atoms. The first-order valence-electron chi connectivity index (χ1n) is 0.204. The summed E-state index contributed by atoms with van der Waals surface area (Å²) in [4.78, 5) is 0. The molecule has 0 unspecified atom stereocenters. The van der Waals surface area contributed by atoms with E-state index in [1.54, 1.807) is 10.1 Å². The summed E-state index contributed by atoms with van der Waals surface area (Å²) in [6, 6.07) is 0. The van der Waals surface area contributed by atoms with Gasteiger partial charge in [0, 0.05) is 0 Å². The molecule has 0 saturated heterocycles. The molecule has 0 heterocycles. The van der Waals surface area contributed by atoms with Gasteiger partial charge in [0.1, 0.15) is 0 Å². The second-order valence-electron chi connectivity index (χ2n) is 0. The molecular weight excluding hydrogens is 140 g/mol. The van der Waals surface area contributed by atoms with Crippen LogP contribution in [0.25, 0.3) is 0 Å². The first kappa shape index (κ1) is 44.0. The molecule has 24 valence electrons. The molecule has 0 aliphatic carbocycles. The number of rotatable bonds is 0.